The lowest BCUT2D eigenvalue weighted by molar-refractivity contribution is 0.688. The molecule has 1 aromatic carbocycles. The smallest absolute Gasteiger partial charge is 0.0772 e. The number of unbranched alkanes of at least 4 members (excludes halogenated alkanes) is 1. The fraction of sp³-hybridized carbons (Fsp3) is 0.333. The van der Waals surface area contributed by atoms with Gasteiger partial charge in [-0.3, -0.25) is 0 Å². The van der Waals surface area contributed by atoms with E-state index in [1.165, 1.54) is 5.56 Å². The maximum Gasteiger partial charge on any atom is 0.0772 e. The van der Waals surface area contributed by atoms with E-state index < -0.39 is 10.8 Å². The summed E-state index contributed by atoms with van der Waals surface area (Å²) in [5.41, 5.74) is 1.20. The van der Waals surface area contributed by atoms with Crippen LogP contribution in [0.1, 0.15) is 25.3 Å². The van der Waals surface area contributed by atoms with Crippen LogP contribution < -0.4 is 0 Å². The summed E-state index contributed by atoms with van der Waals surface area (Å²) in [6.07, 6.45) is 4.08. The molecule has 0 radical (unpaired) electrons. The predicted octanol–water partition coefficient (Wildman–Crippen LogP) is 3.42. The second-order valence-electron chi connectivity index (χ2n) is 3.27. The van der Waals surface area contributed by atoms with Crippen molar-refractivity contribution < 1.29 is 4.21 Å². The molecule has 1 aromatic rings. The van der Waals surface area contributed by atoms with E-state index in [-0.39, 0.29) is 0 Å². The molecule has 0 spiro atoms. The number of rotatable bonds is 4. The molecule has 0 N–H and O–H groups in total. The van der Waals surface area contributed by atoms with Gasteiger partial charge in [-0.15, -0.1) is 0 Å². The van der Waals surface area contributed by atoms with E-state index >= 15 is 0 Å². The molecule has 1 nitrogen and oxygen atoms in total. The van der Waals surface area contributed by atoms with Gasteiger partial charge in [0, 0.05) is 10.3 Å². The van der Waals surface area contributed by atoms with E-state index in [1.54, 1.807) is 5.41 Å². The van der Waals surface area contributed by atoms with Gasteiger partial charge in [0.1, 0.15) is 0 Å². The lowest BCUT2D eigenvalue weighted by atomic mass is 10.2. The van der Waals surface area contributed by atoms with Crippen LogP contribution in [0.4, 0.5) is 0 Å². The molecule has 0 amide bonds. The van der Waals surface area contributed by atoms with Crippen molar-refractivity contribution in [3.05, 3.63) is 41.3 Å². The summed E-state index contributed by atoms with van der Waals surface area (Å²) in [7, 11) is -0.974. The zero-order valence-electron chi connectivity index (χ0n) is 8.69. The Balaban J connectivity index is 2.65. The Morgan fingerprint density at radius 3 is 2.50 bits per heavy atom. The number of allylic oxidation sites excluding steroid dienone is 1. The van der Waals surface area contributed by atoms with Crippen LogP contribution in [0.5, 0.6) is 0 Å². The van der Waals surface area contributed by atoms with Gasteiger partial charge >= 0.3 is 0 Å². The molecule has 1 unspecified atom stereocenters. The minimum Gasteiger partial charge on any atom is -0.250 e. The number of benzene rings is 1. The lowest BCUT2D eigenvalue weighted by Gasteiger charge is -1.97. The Kier molecular flexibility index (Phi) is 4.60. The maximum absolute atomic E-state index is 11.7. The molecule has 0 heterocycles. The van der Waals surface area contributed by atoms with Crippen molar-refractivity contribution >= 4 is 10.8 Å². The normalized spacial score (nSPS) is 13.3. The monoisotopic (exact) mass is 208 g/mol. The van der Waals surface area contributed by atoms with E-state index in [4.69, 9.17) is 0 Å². The topological polar surface area (TPSA) is 17.1 Å². The molecule has 2 heteroatoms. The minimum atomic E-state index is -0.974. The van der Waals surface area contributed by atoms with Gasteiger partial charge in [-0.1, -0.05) is 37.1 Å². The average Bonchev–Trinajstić information content (AvgIpc) is 2.19. The first-order valence-electron chi connectivity index (χ1n) is 4.88. The molecule has 14 heavy (non-hydrogen) atoms. The highest BCUT2D eigenvalue weighted by atomic mass is 32.2. The van der Waals surface area contributed by atoms with Gasteiger partial charge < -0.3 is 0 Å². The third-order valence-electron chi connectivity index (χ3n) is 1.93. The molecule has 0 aliphatic rings. The molecule has 1 atom stereocenters. The van der Waals surface area contributed by atoms with Gasteiger partial charge in [0.25, 0.3) is 0 Å². The first kappa shape index (κ1) is 11.2. The van der Waals surface area contributed by atoms with Gasteiger partial charge in [0.05, 0.1) is 10.8 Å². The highest BCUT2D eigenvalue weighted by Gasteiger charge is 1.97. The Morgan fingerprint density at radius 2 is 1.93 bits per heavy atom. The molecule has 0 saturated heterocycles. The minimum absolute atomic E-state index is 0.878. The SMILES string of the molecule is CCCC=CS(=O)c1ccc(C)cc1. The third-order valence-corrected chi connectivity index (χ3v) is 3.10. The summed E-state index contributed by atoms with van der Waals surface area (Å²) in [5.74, 6) is 0. The number of hydrogen-bond acceptors (Lipinski definition) is 1. The zero-order chi connectivity index (χ0) is 10.4. The fourth-order valence-electron chi connectivity index (χ4n) is 1.07. The molecule has 0 fully saturated rings. The van der Waals surface area contributed by atoms with Crippen molar-refractivity contribution in [2.75, 3.05) is 0 Å². The van der Waals surface area contributed by atoms with E-state index in [0.29, 0.717) is 0 Å². The molecule has 0 aliphatic heterocycles. The van der Waals surface area contributed by atoms with Crippen LogP contribution in [0.15, 0.2) is 40.6 Å². The number of aryl methyl sites for hydroxylation is 1. The first-order valence-corrected chi connectivity index (χ1v) is 6.09. The van der Waals surface area contributed by atoms with Crippen molar-refractivity contribution in [2.24, 2.45) is 0 Å². The quantitative estimate of drug-likeness (QED) is 0.741. The largest absolute Gasteiger partial charge is 0.250 e. The second-order valence-corrected chi connectivity index (χ2v) is 4.61. The highest BCUT2D eigenvalue weighted by Crippen LogP contribution is 2.09. The first-order chi connectivity index (χ1) is 6.74. The van der Waals surface area contributed by atoms with E-state index in [2.05, 4.69) is 6.92 Å². The van der Waals surface area contributed by atoms with Crippen molar-refractivity contribution in [3.8, 4) is 0 Å². The summed E-state index contributed by atoms with van der Waals surface area (Å²) in [5, 5.41) is 1.77. The van der Waals surface area contributed by atoms with E-state index in [9.17, 15) is 4.21 Å². The van der Waals surface area contributed by atoms with Gasteiger partial charge in [0.2, 0.25) is 0 Å². The summed E-state index contributed by atoms with van der Waals surface area (Å²) in [4.78, 5) is 0.878. The van der Waals surface area contributed by atoms with Crippen LogP contribution in [-0.2, 0) is 10.8 Å². The van der Waals surface area contributed by atoms with Gasteiger partial charge in [-0.25, -0.2) is 4.21 Å². The van der Waals surface area contributed by atoms with Crippen LogP contribution in [0.3, 0.4) is 0 Å². The Hall–Kier alpha value is -0.890. The van der Waals surface area contributed by atoms with Gasteiger partial charge in [-0.05, 0) is 25.5 Å². The van der Waals surface area contributed by atoms with E-state index in [1.807, 2.05) is 37.3 Å². The third kappa shape index (κ3) is 3.46. The standard InChI is InChI=1S/C12H16OS/c1-3-4-5-10-14(13)12-8-6-11(2)7-9-12/h5-10H,3-4H2,1-2H3. The molecule has 1 rings (SSSR count). The van der Waals surface area contributed by atoms with Crippen molar-refractivity contribution in [3.63, 3.8) is 0 Å². The molecule has 0 bridgehead atoms. The zero-order valence-corrected chi connectivity index (χ0v) is 9.51. The Bertz CT molecular complexity index is 325. The van der Waals surface area contributed by atoms with Gasteiger partial charge in [0.15, 0.2) is 0 Å². The Labute approximate surface area is 88.3 Å². The molecule has 0 aromatic heterocycles. The van der Waals surface area contributed by atoms with Crippen molar-refractivity contribution in [2.45, 2.75) is 31.6 Å². The fourth-order valence-corrected chi connectivity index (χ4v) is 1.95. The average molecular weight is 208 g/mol. The van der Waals surface area contributed by atoms with E-state index in [0.717, 1.165) is 17.7 Å². The van der Waals surface area contributed by atoms with Crippen LogP contribution in [-0.4, -0.2) is 4.21 Å². The second kappa shape index (κ2) is 5.76. The molecule has 0 aliphatic carbocycles. The van der Waals surface area contributed by atoms with Crippen molar-refractivity contribution in [1.82, 2.24) is 0 Å². The molecule has 76 valence electrons. The van der Waals surface area contributed by atoms with Crippen LogP contribution in [0.2, 0.25) is 0 Å². The summed E-state index contributed by atoms with van der Waals surface area (Å²) in [6.45, 7) is 4.14. The summed E-state index contributed by atoms with van der Waals surface area (Å²) >= 11 is 0. The highest BCUT2D eigenvalue weighted by molar-refractivity contribution is 7.88. The maximum atomic E-state index is 11.7. The van der Waals surface area contributed by atoms with Crippen LogP contribution in [0.25, 0.3) is 0 Å². The van der Waals surface area contributed by atoms with Crippen LogP contribution >= 0.6 is 0 Å². The molecular formula is C12H16OS. The lowest BCUT2D eigenvalue weighted by Crippen LogP contribution is -1.86. The Morgan fingerprint density at radius 1 is 1.29 bits per heavy atom. The number of hydrogen-bond donors (Lipinski definition) is 0. The van der Waals surface area contributed by atoms with Crippen LogP contribution in [0, 0.1) is 6.92 Å². The van der Waals surface area contributed by atoms with Gasteiger partial charge in [-0.2, -0.15) is 0 Å². The predicted molar refractivity (Wildman–Crippen MR) is 61.6 cm³/mol. The van der Waals surface area contributed by atoms with Crippen molar-refractivity contribution in [1.29, 1.82) is 0 Å². The summed E-state index contributed by atoms with van der Waals surface area (Å²) in [6, 6.07) is 7.81. The molecular weight excluding hydrogens is 192 g/mol. The summed E-state index contributed by atoms with van der Waals surface area (Å²) < 4.78 is 11.7. The molecule has 0 saturated carbocycles.